The van der Waals surface area contributed by atoms with Crippen molar-refractivity contribution in [2.45, 2.75) is 78.2 Å². The Balaban J connectivity index is 1.88. The summed E-state index contributed by atoms with van der Waals surface area (Å²) >= 11 is 0. The van der Waals surface area contributed by atoms with E-state index in [4.69, 9.17) is 9.47 Å². The number of nitrogens with one attached hydrogen (secondary N) is 1. The van der Waals surface area contributed by atoms with E-state index in [0.29, 0.717) is 12.8 Å². The Morgan fingerprint density at radius 3 is 1.83 bits per heavy atom. The van der Waals surface area contributed by atoms with Crippen molar-refractivity contribution in [2.24, 2.45) is 0 Å². The molecule has 0 atom stereocenters. The highest BCUT2D eigenvalue weighted by atomic mass is 16.5. The molecule has 0 aromatic heterocycles. The number of unbranched alkanes of at least 4 members (excludes halogenated alkanes) is 2. The van der Waals surface area contributed by atoms with Gasteiger partial charge in [-0.15, -0.1) is 0 Å². The second-order valence-corrected chi connectivity index (χ2v) is 9.33. The molecule has 2 aromatic rings. The van der Waals surface area contributed by atoms with Gasteiger partial charge in [0.1, 0.15) is 18.8 Å². The standard InChI is InChI=1S/C29H39NO5/c1-22-10-8-9-13-28(22)12-7-5-6-11-26-14-16-27(17-15-26)18-19-29(30-23(2)31,20-34-24(3)32)21-35-25(4)33/h8-10,13-17H,5-7,11-12,18-21H2,1-4H3,(H,30,31). The van der Waals surface area contributed by atoms with Crippen molar-refractivity contribution >= 4 is 17.8 Å². The summed E-state index contributed by atoms with van der Waals surface area (Å²) in [6.45, 7) is 6.07. The Kier molecular flexibility index (Phi) is 11.5. The molecule has 1 N–H and O–H groups in total. The molecule has 0 bridgehead atoms. The van der Waals surface area contributed by atoms with Gasteiger partial charge in [0.25, 0.3) is 0 Å². The second kappa shape index (κ2) is 14.3. The van der Waals surface area contributed by atoms with E-state index in [0.717, 1.165) is 24.8 Å². The molecule has 0 saturated heterocycles. The van der Waals surface area contributed by atoms with Gasteiger partial charge in [0.2, 0.25) is 5.91 Å². The molecular weight excluding hydrogens is 442 g/mol. The van der Waals surface area contributed by atoms with Crippen LogP contribution < -0.4 is 5.32 Å². The van der Waals surface area contributed by atoms with E-state index in [-0.39, 0.29) is 19.1 Å². The first-order valence-electron chi connectivity index (χ1n) is 12.4. The Bertz CT molecular complexity index is 949. The number of benzene rings is 2. The average Bonchev–Trinajstić information content (AvgIpc) is 2.81. The topological polar surface area (TPSA) is 81.7 Å². The van der Waals surface area contributed by atoms with Crippen molar-refractivity contribution in [1.82, 2.24) is 5.32 Å². The molecule has 2 aromatic carbocycles. The first kappa shape index (κ1) is 28.1. The summed E-state index contributed by atoms with van der Waals surface area (Å²) in [5.41, 5.74) is 4.24. The van der Waals surface area contributed by atoms with Crippen molar-refractivity contribution < 1.29 is 23.9 Å². The highest BCUT2D eigenvalue weighted by Crippen LogP contribution is 2.19. The summed E-state index contributed by atoms with van der Waals surface area (Å²) < 4.78 is 10.4. The molecule has 6 nitrogen and oxygen atoms in total. The van der Waals surface area contributed by atoms with Crippen molar-refractivity contribution in [2.75, 3.05) is 13.2 Å². The molecule has 0 unspecified atom stereocenters. The van der Waals surface area contributed by atoms with Crippen LogP contribution in [0.15, 0.2) is 48.5 Å². The quantitative estimate of drug-likeness (QED) is 0.307. The van der Waals surface area contributed by atoms with E-state index < -0.39 is 17.5 Å². The first-order valence-corrected chi connectivity index (χ1v) is 12.4. The van der Waals surface area contributed by atoms with Gasteiger partial charge < -0.3 is 14.8 Å². The number of carbonyl (C=O) groups excluding carboxylic acids is 3. The van der Waals surface area contributed by atoms with E-state index in [9.17, 15) is 14.4 Å². The zero-order valence-electron chi connectivity index (χ0n) is 21.5. The maximum atomic E-state index is 11.9. The third kappa shape index (κ3) is 10.8. The third-order valence-corrected chi connectivity index (χ3v) is 6.13. The first-order chi connectivity index (χ1) is 16.7. The van der Waals surface area contributed by atoms with E-state index in [2.05, 4.69) is 60.8 Å². The predicted molar refractivity (Wildman–Crippen MR) is 137 cm³/mol. The largest absolute Gasteiger partial charge is 0.463 e. The van der Waals surface area contributed by atoms with Crippen LogP contribution in [0.2, 0.25) is 0 Å². The lowest BCUT2D eigenvalue weighted by Gasteiger charge is -2.33. The summed E-state index contributed by atoms with van der Waals surface area (Å²) in [5.74, 6) is -1.18. The van der Waals surface area contributed by atoms with Gasteiger partial charge in [0.15, 0.2) is 0 Å². The molecule has 0 fully saturated rings. The molecule has 35 heavy (non-hydrogen) atoms. The molecule has 6 heteroatoms. The normalized spacial score (nSPS) is 11.1. The smallest absolute Gasteiger partial charge is 0.302 e. The SMILES string of the molecule is CC(=O)NC(CCc1ccc(CCCCCc2ccccc2C)cc1)(COC(C)=O)COC(C)=O. The Hall–Kier alpha value is -3.15. The average molecular weight is 482 g/mol. The van der Waals surface area contributed by atoms with Gasteiger partial charge >= 0.3 is 11.9 Å². The maximum Gasteiger partial charge on any atom is 0.302 e. The molecule has 0 aliphatic heterocycles. The Morgan fingerprint density at radius 1 is 0.743 bits per heavy atom. The van der Waals surface area contributed by atoms with Gasteiger partial charge in [0.05, 0.1) is 0 Å². The fourth-order valence-electron chi connectivity index (χ4n) is 4.14. The summed E-state index contributed by atoms with van der Waals surface area (Å²) in [7, 11) is 0. The molecule has 190 valence electrons. The molecule has 0 aliphatic rings. The molecule has 0 heterocycles. The van der Waals surface area contributed by atoms with Crippen LogP contribution in [0.5, 0.6) is 0 Å². The van der Waals surface area contributed by atoms with Crippen LogP contribution >= 0.6 is 0 Å². The summed E-state index contributed by atoms with van der Waals surface area (Å²) in [5, 5.41) is 2.85. The number of carbonyl (C=O) groups is 3. The molecule has 0 radical (unpaired) electrons. The van der Waals surface area contributed by atoms with Crippen molar-refractivity contribution in [3.8, 4) is 0 Å². The molecular formula is C29H39NO5. The van der Waals surface area contributed by atoms with E-state index in [1.54, 1.807) is 0 Å². The van der Waals surface area contributed by atoms with Crippen LogP contribution in [0.25, 0.3) is 0 Å². The Morgan fingerprint density at radius 2 is 1.29 bits per heavy atom. The van der Waals surface area contributed by atoms with Gasteiger partial charge in [-0.1, -0.05) is 55.0 Å². The Labute approximate surface area is 209 Å². The van der Waals surface area contributed by atoms with Crippen LogP contribution in [0.1, 0.15) is 68.7 Å². The molecule has 1 amide bonds. The van der Waals surface area contributed by atoms with E-state index >= 15 is 0 Å². The number of rotatable bonds is 14. The fraction of sp³-hybridized carbons (Fsp3) is 0.483. The summed E-state index contributed by atoms with van der Waals surface area (Å²) in [4.78, 5) is 34.7. The van der Waals surface area contributed by atoms with Crippen LogP contribution in [-0.4, -0.2) is 36.6 Å². The van der Waals surface area contributed by atoms with Gasteiger partial charge in [-0.3, -0.25) is 14.4 Å². The predicted octanol–water partition coefficient (Wildman–Crippen LogP) is 4.88. The minimum absolute atomic E-state index is 0.0597. The lowest BCUT2D eigenvalue weighted by molar-refractivity contribution is -0.150. The zero-order chi connectivity index (χ0) is 25.7. The van der Waals surface area contributed by atoms with Gasteiger partial charge in [-0.25, -0.2) is 0 Å². The lowest BCUT2D eigenvalue weighted by Crippen LogP contribution is -2.55. The van der Waals surface area contributed by atoms with Crippen LogP contribution in [-0.2, 0) is 43.1 Å². The highest BCUT2D eigenvalue weighted by Gasteiger charge is 2.34. The van der Waals surface area contributed by atoms with Crippen molar-refractivity contribution in [1.29, 1.82) is 0 Å². The minimum atomic E-state index is -0.973. The maximum absolute atomic E-state index is 11.9. The zero-order valence-corrected chi connectivity index (χ0v) is 21.5. The van der Waals surface area contributed by atoms with Crippen LogP contribution in [0.3, 0.4) is 0 Å². The highest BCUT2D eigenvalue weighted by molar-refractivity contribution is 5.74. The number of esters is 2. The van der Waals surface area contributed by atoms with Crippen molar-refractivity contribution in [3.63, 3.8) is 0 Å². The van der Waals surface area contributed by atoms with Gasteiger partial charge in [-0.05, 0) is 67.7 Å². The monoisotopic (exact) mass is 481 g/mol. The number of ether oxygens (including phenoxy) is 2. The number of amides is 1. The van der Waals surface area contributed by atoms with E-state index in [1.807, 2.05) is 0 Å². The third-order valence-electron chi connectivity index (χ3n) is 6.13. The lowest BCUT2D eigenvalue weighted by atomic mass is 9.91. The van der Waals surface area contributed by atoms with Gasteiger partial charge in [0, 0.05) is 20.8 Å². The van der Waals surface area contributed by atoms with Crippen LogP contribution in [0, 0.1) is 6.92 Å². The number of hydrogen-bond acceptors (Lipinski definition) is 5. The van der Waals surface area contributed by atoms with E-state index in [1.165, 1.54) is 50.3 Å². The molecule has 0 aliphatic carbocycles. The fourth-order valence-corrected chi connectivity index (χ4v) is 4.14. The summed E-state index contributed by atoms with van der Waals surface area (Å²) in [6, 6.07) is 17.1. The van der Waals surface area contributed by atoms with Crippen molar-refractivity contribution in [3.05, 3.63) is 70.8 Å². The second-order valence-electron chi connectivity index (χ2n) is 9.33. The van der Waals surface area contributed by atoms with Gasteiger partial charge in [-0.2, -0.15) is 0 Å². The summed E-state index contributed by atoms with van der Waals surface area (Å²) in [6.07, 6.45) is 6.82. The molecule has 0 saturated carbocycles. The van der Waals surface area contributed by atoms with Crippen LogP contribution in [0.4, 0.5) is 0 Å². The molecule has 0 spiro atoms. The number of aryl methyl sites for hydroxylation is 4. The number of hydrogen-bond donors (Lipinski definition) is 1. The minimum Gasteiger partial charge on any atom is -0.463 e. The molecule has 2 rings (SSSR count).